The molecule has 5 nitrogen and oxygen atoms in total. The van der Waals surface area contributed by atoms with Crippen LogP contribution in [0, 0.1) is 5.82 Å². The molecular formula is C21H20FN5. The van der Waals surface area contributed by atoms with Gasteiger partial charge in [0, 0.05) is 18.8 Å². The Bertz CT molecular complexity index is 1080. The Morgan fingerprint density at radius 1 is 1.07 bits per heavy atom. The molecule has 0 aliphatic carbocycles. The van der Waals surface area contributed by atoms with E-state index in [1.807, 2.05) is 30.3 Å². The molecule has 3 heterocycles. The number of aromatic amines is 1. The standard InChI is InChI=1S/C21H20FN5/c22-15-6-3-9-18-19(15)20(25-13-5-4-10-23-11-13)14(12-24-18)21-26-16-7-1-2-8-17(16)27-21/h1-3,6-9,12-13,23H,4-5,10-11H2,(H,24,25)(H,26,27). The van der Waals surface area contributed by atoms with Crippen LogP contribution < -0.4 is 10.6 Å². The van der Waals surface area contributed by atoms with Crippen molar-refractivity contribution in [1.29, 1.82) is 0 Å². The number of H-pyrrole nitrogens is 1. The summed E-state index contributed by atoms with van der Waals surface area (Å²) in [6.07, 6.45) is 3.92. The van der Waals surface area contributed by atoms with Crippen molar-refractivity contribution in [2.24, 2.45) is 0 Å². The molecule has 1 fully saturated rings. The Labute approximate surface area is 156 Å². The number of nitrogens with one attached hydrogen (secondary N) is 3. The van der Waals surface area contributed by atoms with Crippen molar-refractivity contribution in [1.82, 2.24) is 20.3 Å². The van der Waals surface area contributed by atoms with E-state index in [0.717, 1.165) is 48.2 Å². The molecule has 27 heavy (non-hydrogen) atoms. The van der Waals surface area contributed by atoms with E-state index >= 15 is 0 Å². The van der Waals surface area contributed by atoms with Crippen LogP contribution in [-0.4, -0.2) is 34.1 Å². The van der Waals surface area contributed by atoms with Crippen LogP contribution in [0.25, 0.3) is 33.3 Å². The van der Waals surface area contributed by atoms with Gasteiger partial charge < -0.3 is 15.6 Å². The van der Waals surface area contributed by atoms with Crippen LogP contribution in [0.3, 0.4) is 0 Å². The molecular weight excluding hydrogens is 341 g/mol. The van der Waals surface area contributed by atoms with Crippen molar-refractivity contribution < 1.29 is 4.39 Å². The van der Waals surface area contributed by atoms with Gasteiger partial charge in [0.05, 0.1) is 33.2 Å². The van der Waals surface area contributed by atoms with E-state index in [9.17, 15) is 4.39 Å². The van der Waals surface area contributed by atoms with E-state index in [1.54, 1.807) is 12.3 Å². The summed E-state index contributed by atoms with van der Waals surface area (Å²) in [6.45, 7) is 1.89. The van der Waals surface area contributed by atoms with Crippen LogP contribution in [-0.2, 0) is 0 Å². The number of hydrogen-bond acceptors (Lipinski definition) is 4. The van der Waals surface area contributed by atoms with E-state index in [2.05, 4.69) is 20.6 Å². The number of para-hydroxylation sites is 2. The molecule has 1 unspecified atom stereocenters. The maximum absolute atomic E-state index is 14.8. The molecule has 0 amide bonds. The lowest BCUT2D eigenvalue weighted by Gasteiger charge is -2.26. The Kier molecular flexibility index (Phi) is 3.98. The largest absolute Gasteiger partial charge is 0.380 e. The monoisotopic (exact) mass is 361 g/mol. The average Bonchev–Trinajstić information content (AvgIpc) is 3.13. The first-order valence-electron chi connectivity index (χ1n) is 9.29. The van der Waals surface area contributed by atoms with Gasteiger partial charge in [0.1, 0.15) is 11.6 Å². The molecule has 1 saturated heterocycles. The summed E-state index contributed by atoms with van der Waals surface area (Å²) < 4.78 is 14.8. The minimum atomic E-state index is -0.274. The molecule has 6 heteroatoms. The Balaban J connectivity index is 1.70. The van der Waals surface area contributed by atoms with Gasteiger partial charge in [0.2, 0.25) is 0 Å². The van der Waals surface area contributed by atoms with Gasteiger partial charge in [-0.15, -0.1) is 0 Å². The number of imidazole rings is 1. The Hall–Kier alpha value is -2.99. The van der Waals surface area contributed by atoms with Crippen LogP contribution in [0.4, 0.5) is 10.1 Å². The van der Waals surface area contributed by atoms with Crippen LogP contribution in [0.2, 0.25) is 0 Å². The SMILES string of the molecule is Fc1cccc2ncc(-c3nc4ccccc4[nH]3)c(NC3CCCNC3)c12. The third-order valence-corrected chi connectivity index (χ3v) is 5.13. The van der Waals surface area contributed by atoms with E-state index in [4.69, 9.17) is 4.98 Å². The van der Waals surface area contributed by atoms with E-state index in [1.165, 1.54) is 6.07 Å². The number of pyridine rings is 1. The number of halogens is 1. The maximum atomic E-state index is 14.8. The van der Waals surface area contributed by atoms with Crippen molar-refractivity contribution in [3.8, 4) is 11.4 Å². The van der Waals surface area contributed by atoms with Crippen molar-refractivity contribution >= 4 is 27.6 Å². The van der Waals surface area contributed by atoms with Crippen molar-refractivity contribution in [2.75, 3.05) is 18.4 Å². The van der Waals surface area contributed by atoms with Crippen LogP contribution in [0.15, 0.2) is 48.7 Å². The van der Waals surface area contributed by atoms with Gasteiger partial charge >= 0.3 is 0 Å². The fourth-order valence-electron chi connectivity index (χ4n) is 3.79. The molecule has 5 rings (SSSR count). The molecule has 0 radical (unpaired) electrons. The van der Waals surface area contributed by atoms with Gasteiger partial charge in [-0.3, -0.25) is 4.98 Å². The lowest BCUT2D eigenvalue weighted by molar-refractivity contribution is 0.480. The summed E-state index contributed by atoms with van der Waals surface area (Å²) >= 11 is 0. The van der Waals surface area contributed by atoms with Crippen molar-refractivity contribution in [3.63, 3.8) is 0 Å². The average molecular weight is 361 g/mol. The summed E-state index contributed by atoms with van der Waals surface area (Å²) in [5.74, 6) is 0.421. The molecule has 4 aromatic rings. The summed E-state index contributed by atoms with van der Waals surface area (Å²) in [5, 5.41) is 7.49. The third-order valence-electron chi connectivity index (χ3n) is 5.13. The number of hydrogen-bond donors (Lipinski definition) is 3. The predicted octanol–water partition coefficient (Wildman–Crippen LogP) is 4.08. The van der Waals surface area contributed by atoms with Gasteiger partial charge in [0.25, 0.3) is 0 Å². The summed E-state index contributed by atoms with van der Waals surface area (Å²) in [4.78, 5) is 12.5. The second-order valence-electron chi connectivity index (χ2n) is 6.97. The van der Waals surface area contributed by atoms with Gasteiger partial charge in [-0.25, -0.2) is 9.37 Å². The fraction of sp³-hybridized carbons (Fsp3) is 0.238. The molecule has 3 N–H and O–H groups in total. The highest BCUT2D eigenvalue weighted by Gasteiger charge is 2.20. The molecule has 0 saturated carbocycles. The highest BCUT2D eigenvalue weighted by molar-refractivity contribution is 5.99. The molecule has 1 aliphatic rings. The number of anilines is 1. The zero-order chi connectivity index (χ0) is 18.2. The van der Waals surface area contributed by atoms with Gasteiger partial charge in [-0.2, -0.15) is 0 Å². The second kappa shape index (κ2) is 6.63. The summed E-state index contributed by atoms with van der Waals surface area (Å²) in [6, 6.07) is 13.1. The minimum absolute atomic E-state index is 0.243. The molecule has 136 valence electrons. The van der Waals surface area contributed by atoms with Crippen molar-refractivity contribution in [3.05, 3.63) is 54.5 Å². The maximum Gasteiger partial charge on any atom is 0.142 e. The lowest BCUT2D eigenvalue weighted by Crippen LogP contribution is -2.38. The van der Waals surface area contributed by atoms with Crippen molar-refractivity contribution in [2.45, 2.75) is 18.9 Å². The highest BCUT2D eigenvalue weighted by atomic mass is 19.1. The number of nitrogens with zero attached hydrogens (tertiary/aromatic N) is 2. The predicted molar refractivity (Wildman–Crippen MR) is 106 cm³/mol. The third kappa shape index (κ3) is 2.92. The topological polar surface area (TPSA) is 65.6 Å². The fourth-order valence-corrected chi connectivity index (χ4v) is 3.79. The summed E-state index contributed by atoms with van der Waals surface area (Å²) in [5.41, 5.74) is 4.01. The number of rotatable bonds is 3. The zero-order valence-corrected chi connectivity index (χ0v) is 14.8. The lowest BCUT2D eigenvalue weighted by atomic mass is 10.0. The normalized spacial score (nSPS) is 17.4. The molecule has 2 aromatic carbocycles. The van der Waals surface area contributed by atoms with Crippen LogP contribution in [0.1, 0.15) is 12.8 Å². The highest BCUT2D eigenvalue weighted by Crippen LogP contribution is 2.35. The molecule has 1 atom stereocenters. The van der Waals surface area contributed by atoms with E-state index in [0.29, 0.717) is 16.7 Å². The smallest absolute Gasteiger partial charge is 0.142 e. The first-order chi connectivity index (χ1) is 13.3. The van der Waals surface area contributed by atoms with Gasteiger partial charge in [-0.05, 0) is 43.7 Å². The van der Waals surface area contributed by atoms with E-state index in [-0.39, 0.29) is 11.9 Å². The first kappa shape index (κ1) is 16.2. The first-order valence-corrected chi connectivity index (χ1v) is 9.29. The minimum Gasteiger partial charge on any atom is -0.380 e. The Morgan fingerprint density at radius 3 is 2.81 bits per heavy atom. The van der Waals surface area contributed by atoms with Gasteiger partial charge in [-0.1, -0.05) is 18.2 Å². The second-order valence-corrected chi connectivity index (χ2v) is 6.97. The zero-order valence-electron chi connectivity index (χ0n) is 14.8. The molecule has 1 aliphatic heterocycles. The number of piperidine rings is 1. The van der Waals surface area contributed by atoms with Gasteiger partial charge in [0.15, 0.2) is 0 Å². The molecule has 2 aromatic heterocycles. The number of benzene rings is 2. The molecule has 0 bridgehead atoms. The Morgan fingerprint density at radius 2 is 1.96 bits per heavy atom. The number of fused-ring (bicyclic) bond motifs is 2. The summed E-state index contributed by atoms with van der Waals surface area (Å²) in [7, 11) is 0. The molecule has 0 spiro atoms. The van der Waals surface area contributed by atoms with Crippen LogP contribution in [0.5, 0.6) is 0 Å². The van der Waals surface area contributed by atoms with Crippen LogP contribution >= 0.6 is 0 Å². The van der Waals surface area contributed by atoms with E-state index < -0.39 is 0 Å². The quantitative estimate of drug-likeness (QED) is 0.514. The number of aromatic nitrogens is 3.